The first-order valence-corrected chi connectivity index (χ1v) is 7.83. The molecule has 7 nitrogen and oxygen atoms in total. The minimum Gasteiger partial charge on any atom is -0.361 e. The fraction of sp³-hybridized carbons (Fsp3) is 0.500. The molecule has 0 radical (unpaired) electrons. The van der Waals surface area contributed by atoms with Gasteiger partial charge in [0, 0.05) is 39.6 Å². The summed E-state index contributed by atoms with van der Waals surface area (Å²) in [5.41, 5.74) is 1.79. The summed E-state index contributed by atoms with van der Waals surface area (Å²) in [6.07, 6.45) is 4.03. The largest absolute Gasteiger partial charge is 0.361 e. The van der Waals surface area contributed by atoms with Gasteiger partial charge in [-0.3, -0.25) is 9.48 Å². The van der Waals surface area contributed by atoms with Crippen LogP contribution in [0.4, 0.5) is 5.82 Å². The van der Waals surface area contributed by atoms with Gasteiger partial charge in [-0.2, -0.15) is 10.2 Å². The number of carbonyl (C=O) groups excluding carboxylic acids is 1. The Bertz CT molecular complexity index is 678. The Kier molecular flexibility index (Phi) is 4.27. The van der Waals surface area contributed by atoms with Gasteiger partial charge in [-0.15, -0.1) is 5.10 Å². The minimum atomic E-state index is 0.0273. The number of rotatable bonds is 4. The van der Waals surface area contributed by atoms with E-state index in [4.69, 9.17) is 0 Å². The number of nitrogens with zero attached hydrogens (tertiary/aromatic N) is 6. The summed E-state index contributed by atoms with van der Waals surface area (Å²) in [5.74, 6) is 0.939. The predicted molar refractivity (Wildman–Crippen MR) is 87.0 cm³/mol. The second kappa shape index (κ2) is 6.36. The molecule has 2 aromatic rings. The Morgan fingerprint density at radius 3 is 2.74 bits per heavy atom. The van der Waals surface area contributed by atoms with Crippen molar-refractivity contribution in [1.82, 2.24) is 24.9 Å². The predicted octanol–water partition coefficient (Wildman–Crippen LogP) is 1.18. The summed E-state index contributed by atoms with van der Waals surface area (Å²) in [5, 5.41) is 12.7. The number of aromatic nitrogens is 4. The maximum Gasteiger partial charge on any atom is 0.229 e. The second-order valence-corrected chi connectivity index (χ2v) is 6.08. The molecule has 0 saturated carbocycles. The number of aryl methyl sites for hydroxylation is 1. The third-order valence-corrected chi connectivity index (χ3v) is 4.30. The SMILES string of the molecule is CN(C)c1ccc(C2CCCN2C(=O)Cc2ccnn2C)nn1. The van der Waals surface area contributed by atoms with Crippen LogP contribution >= 0.6 is 0 Å². The Labute approximate surface area is 135 Å². The number of carbonyl (C=O) groups is 1. The topological polar surface area (TPSA) is 67.2 Å². The molecule has 1 aliphatic rings. The standard InChI is InChI=1S/C16H22N6O/c1-20(2)15-7-6-13(18-19-15)14-5-4-10-22(14)16(23)11-12-8-9-17-21(12)3/h6-9,14H,4-5,10-11H2,1-3H3. The van der Waals surface area contributed by atoms with Crippen molar-refractivity contribution in [2.24, 2.45) is 7.05 Å². The number of hydrogen-bond acceptors (Lipinski definition) is 5. The van der Waals surface area contributed by atoms with E-state index >= 15 is 0 Å². The monoisotopic (exact) mass is 314 g/mol. The molecule has 7 heteroatoms. The normalized spacial score (nSPS) is 17.5. The van der Waals surface area contributed by atoms with Crippen LogP contribution in [-0.2, 0) is 18.3 Å². The molecule has 1 saturated heterocycles. The van der Waals surface area contributed by atoms with E-state index in [2.05, 4.69) is 15.3 Å². The molecular weight excluding hydrogens is 292 g/mol. The summed E-state index contributed by atoms with van der Waals surface area (Å²) in [4.78, 5) is 16.5. The first-order chi connectivity index (χ1) is 11.1. The first kappa shape index (κ1) is 15.5. The quantitative estimate of drug-likeness (QED) is 0.848. The lowest BCUT2D eigenvalue weighted by molar-refractivity contribution is -0.131. The van der Waals surface area contributed by atoms with Crippen LogP contribution in [0.5, 0.6) is 0 Å². The second-order valence-electron chi connectivity index (χ2n) is 6.08. The molecule has 3 rings (SSSR count). The maximum absolute atomic E-state index is 12.7. The van der Waals surface area contributed by atoms with Crippen molar-refractivity contribution >= 4 is 11.7 Å². The van der Waals surface area contributed by atoms with E-state index < -0.39 is 0 Å². The molecule has 3 heterocycles. The van der Waals surface area contributed by atoms with Crippen molar-refractivity contribution in [3.05, 3.63) is 35.8 Å². The highest BCUT2D eigenvalue weighted by atomic mass is 16.2. The van der Waals surface area contributed by atoms with Gasteiger partial charge >= 0.3 is 0 Å². The van der Waals surface area contributed by atoms with Gasteiger partial charge in [0.2, 0.25) is 5.91 Å². The molecule has 0 bridgehead atoms. The third-order valence-electron chi connectivity index (χ3n) is 4.30. The highest BCUT2D eigenvalue weighted by Crippen LogP contribution is 2.31. The summed E-state index contributed by atoms with van der Waals surface area (Å²) in [6.45, 7) is 0.776. The van der Waals surface area contributed by atoms with Gasteiger partial charge in [0.15, 0.2) is 5.82 Å². The number of hydrogen-bond donors (Lipinski definition) is 0. The van der Waals surface area contributed by atoms with Crippen LogP contribution in [0.15, 0.2) is 24.4 Å². The van der Waals surface area contributed by atoms with E-state index in [1.807, 2.05) is 49.1 Å². The maximum atomic E-state index is 12.7. The Morgan fingerprint density at radius 1 is 1.30 bits per heavy atom. The van der Waals surface area contributed by atoms with Crippen LogP contribution in [0.25, 0.3) is 0 Å². The zero-order valence-corrected chi connectivity index (χ0v) is 13.8. The van der Waals surface area contributed by atoms with Crippen molar-refractivity contribution in [3.63, 3.8) is 0 Å². The third kappa shape index (κ3) is 3.18. The van der Waals surface area contributed by atoms with Gasteiger partial charge in [-0.25, -0.2) is 0 Å². The van der Waals surface area contributed by atoms with Gasteiger partial charge < -0.3 is 9.80 Å². The highest BCUT2D eigenvalue weighted by molar-refractivity contribution is 5.79. The summed E-state index contributed by atoms with van der Waals surface area (Å²) >= 11 is 0. The summed E-state index contributed by atoms with van der Waals surface area (Å²) in [7, 11) is 5.72. The summed E-state index contributed by atoms with van der Waals surface area (Å²) in [6, 6.07) is 5.83. The van der Waals surface area contributed by atoms with Crippen LogP contribution < -0.4 is 4.90 Å². The smallest absolute Gasteiger partial charge is 0.229 e. The van der Waals surface area contributed by atoms with Gasteiger partial charge in [-0.1, -0.05) is 0 Å². The van der Waals surface area contributed by atoms with Crippen LogP contribution in [-0.4, -0.2) is 51.4 Å². The molecule has 1 unspecified atom stereocenters. The van der Waals surface area contributed by atoms with Gasteiger partial charge in [-0.05, 0) is 31.0 Å². The molecule has 0 spiro atoms. The van der Waals surface area contributed by atoms with E-state index in [-0.39, 0.29) is 11.9 Å². The molecular formula is C16H22N6O. The van der Waals surface area contributed by atoms with Gasteiger partial charge in [0.1, 0.15) is 0 Å². The van der Waals surface area contributed by atoms with Crippen molar-refractivity contribution in [3.8, 4) is 0 Å². The number of anilines is 1. The fourth-order valence-corrected chi connectivity index (χ4v) is 2.96. The Balaban J connectivity index is 1.74. The molecule has 1 atom stereocenters. The molecule has 0 aliphatic carbocycles. The van der Waals surface area contributed by atoms with Crippen molar-refractivity contribution in [2.75, 3.05) is 25.5 Å². The van der Waals surface area contributed by atoms with Crippen molar-refractivity contribution in [2.45, 2.75) is 25.3 Å². The zero-order chi connectivity index (χ0) is 16.4. The van der Waals surface area contributed by atoms with E-state index in [0.29, 0.717) is 6.42 Å². The highest BCUT2D eigenvalue weighted by Gasteiger charge is 2.31. The van der Waals surface area contributed by atoms with Crippen molar-refractivity contribution in [1.29, 1.82) is 0 Å². The van der Waals surface area contributed by atoms with Crippen LogP contribution in [0.2, 0.25) is 0 Å². The number of likely N-dealkylation sites (tertiary alicyclic amines) is 1. The Hall–Kier alpha value is -2.44. The van der Waals surface area contributed by atoms with E-state index in [1.54, 1.807) is 10.9 Å². The molecule has 0 N–H and O–H groups in total. The lowest BCUT2D eigenvalue weighted by Crippen LogP contribution is -2.32. The molecule has 1 amide bonds. The lowest BCUT2D eigenvalue weighted by atomic mass is 10.1. The van der Waals surface area contributed by atoms with Gasteiger partial charge in [0.05, 0.1) is 18.2 Å². The molecule has 122 valence electrons. The zero-order valence-electron chi connectivity index (χ0n) is 13.8. The van der Waals surface area contributed by atoms with E-state index in [9.17, 15) is 4.79 Å². The average Bonchev–Trinajstić information content (AvgIpc) is 3.17. The van der Waals surface area contributed by atoms with E-state index in [1.165, 1.54) is 0 Å². The van der Waals surface area contributed by atoms with Crippen molar-refractivity contribution < 1.29 is 4.79 Å². The van der Waals surface area contributed by atoms with Crippen LogP contribution in [0, 0.1) is 0 Å². The average molecular weight is 314 g/mol. The first-order valence-electron chi connectivity index (χ1n) is 7.83. The fourth-order valence-electron chi connectivity index (χ4n) is 2.96. The van der Waals surface area contributed by atoms with Gasteiger partial charge in [0.25, 0.3) is 0 Å². The molecule has 1 aliphatic heterocycles. The Morgan fingerprint density at radius 2 is 2.13 bits per heavy atom. The molecule has 23 heavy (non-hydrogen) atoms. The summed E-state index contributed by atoms with van der Waals surface area (Å²) < 4.78 is 1.74. The molecule has 2 aromatic heterocycles. The number of amides is 1. The van der Waals surface area contributed by atoms with Crippen LogP contribution in [0.3, 0.4) is 0 Å². The minimum absolute atomic E-state index is 0.0273. The lowest BCUT2D eigenvalue weighted by Gasteiger charge is -2.24. The molecule has 1 fully saturated rings. The molecule has 0 aromatic carbocycles. The van der Waals surface area contributed by atoms with E-state index in [0.717, 1.165) is 36.6 Å². The van der Waals surface area contributed by atoms with Crippen LogP contribution in [0.1, 0.15) is 30.3 Å².